The fourth-order valence-corrected chi connectivity index (χ4v) is 12.4. The molecular weight excluding hydrogens is 821 g/mol. The van der Waals surface area contributed by atoms with Crippen molar-refractivity contribution in [2.24, 2.45) is 23.7 Å². The quantitative estimate of drug-likeness (QED) is 0.105. The Morgan fingerprint density at radius 3 is 1.41 bits per heavy atom. The highest BCUT2D eigenvalue weighted by Gasteiger charge is 2.49. The van der Waals surface area contributed by atoms with Crippen LogP contribution in [0.1, 0.15) is 75.7 Å². The van der Waals surface area contributed by atoms with Gasteiger partial charge in [-0.1, -0.05) is 87.4 Å². The van der Waals surface area contributed by atoms with E-state index < -0.39 is 12.2 Å². The molecule has 0 unspecified atom stereocenters. The number of fused-ring (bicyclic) bond motifs is 8. The topological polar surface area (TPSA) is 95.0 Å². The molecule has 6 saturated heterocycles. The summed E-state index contributed by atoms with van der Waals surface area (Å²) in [6.45, 7) is 8.86. The van der Waals surface area contributed by atoms with Crippen molar-refractivity contribution in [1.29, 1.82) is 0 Å². The minimum Gasteiger partial charge on any atom is -0.497 e. The van der Waals surface area contributed by atoms with E-state index in [0.29, 0.717) is 41.3 Å². The highest BCUT2D eigenvalue weighted by atomic mass is 16.5. The fourth-order valence-electron chi connectivity index (χ4n) is 12.4. The summed E-state index contributed by atoms with van der Waals surface area (Å²) >= 11 is 0. The standard InChI is InChI=1S/C56H60N6O4/c1-5-41-35-23-29-61(30-24-35)50(41)52(43-21-27-57-47-19-17-39(63-3)33-45(43)47)65-55-49(37-13-9-7-10-14-37)56(60-54(59-55)38-15-11-8-12-16-38)66-53(51-42(6-2)36-25-31-62(51)32-26-36)44-22-28-58-48-20-18-40(64-4)34-46(44)48/h7-22,27-28,33-36,41-42,50-53H,5-6,23-26,29-32H2,1-4H3/t41-,42-,50-,51-,52+,53+/m1/s1. The second kappa shape index (κ2) is 18.3. The third-order valence-electron chi connectivity index (χ3n) is 15.6. The van der Waals surface area contributed by atoms with Crippen molar-refractivity contribution in [2.45, 2.75) is 76.7 Å². The molecule has 0 radical (unpaired) electrons. The normalized spacial score (nSPS) is 25.4. The van der Waals surface area contributed by atoms with Crippen LogP contribution >= 0.6 is 0 Å². The third kappa shape index (κ3) is 7.71. The van der Waals surface area contributed by atoms with E-state index in [4.69, 9.17) is 38.9 Å². The van der Waals surface area contributed by atoms with Gasteiger partial charge >= 0.3 is 0 Å². The Kier molecular flexibility index (Phi) is 11.8. The molecule has 7 aromatic rings. The van der Waals surface area contributed by atoms with Gasteiger partial charge in [-0.25, -0.2) is 0 Å². The molecular formula is C56H60N6O4. The fraction of sp³-hybridized carbons (Fsp3) is 0.393. The van der Waals surface area contributed by atoms with E-state index in [1.54, 1.807) is 14.2 Å². The molecule has 6 aliphatic rings. The summed E-state index contributed by atoms with van der Waals surface area (Å²) in [5.74, 6) is 5.23. The highest BCUT2D eigenvalue weighted by Crippen LogP contribution is 2.51. The number of methoxy groups -OCH3 is 2. The lowest BCUT2D eigenvalue weighted by atomic mass is 9.70. The molecule has 0 spiro atoms. The lowest BCUT2D eigenvalue weighted by molar-refractivity contribution is -0.0673. The lowest BCUT2D eigenvalue weighted by Crippen LogP contribution is -2.57. The molecule has 6 fully saturated rings. The Balaban J connectivity index is 1.15. The lowest BCUT2D eigenvalue weighted by Gasteiger charge is -2.53. The van der Waals surface area contributed by atoms with Crippen molar-refractivity contribution in [3.8, 4) is 45.8 Å². The predicted molar refractivity (Wildman–Crippen MR) is 260 cm³/mol. The minimum absolute atomic E-state index is 0.101. The monoisotopic (exact) mass is 880 g/mol. The number of ether oxygens (including phenoxy) is 4. The van der Waals surface area contributed by atoms with Gasteiger partial charge in [0.2, 0.25) is 11.8 Å². The zero-order valence-electron chi connectivity index (χ0n) is 38.6. The largest absolute Gasteiger partial charge is 0.497 e. The van der Waals surface area contributed by atoms with Gasteiger partial charge in [0.15, 0.2) is 5.82 Å². The Bertz CT molecular complexity index is 2660. The molecule has 6 atom stereocenters. The summed E-state index contributed by atoms with van der Waals surface area (Å²) in [4.78, 5) is 26.1. The van der Waals surface area contributed by atoms with E-state index in [2.05, 4.69) is 103 Å². The van der Waals surface area contributed by atoms with Crippen LogP contribution in [0.15, 0.2) is 122 Å². The molecule has 0 saturated carbocycles. The van der Waals surface area contributed by atoms with E-state index in [9.17, 15) is 0 Å². The van der Waals surface area contributed by atoms with E-state index in [1.807, 2.05) is 42.7 Å². The first kappa shape index (κ1) is 42.5. The van der Waals surface area contributed by atoms with E-state index in [1.165, 1.54) is 25.7 Å². The van der Waals surface area contributed by atoms with Crippen LogP contribution in [0.25, 0.3) is 44.3 Å². The summed E-state index contributed by atoms with van der Waals surface area (Å²) in [6, 6.07) is 37.5. The molecule has 10 heteroatoms. The highest BCUT2D eigenvalue weighted by molar-refractivity contribution is 5.85. The molecule has 9 heterocycles. The van der Waals surface area contributed by atoms with Crippen LogP contribution in [0.2, 0.25) is 0 Å². The molecule has 66 heavy (non-hydrogen) atoms. The summed E-state index contributed by atoms with van der Waals surface area (Å²) in [5, 5.41) is 2.03. The number of hydrogen-bond acceptors (Lipinski definition) is 10. The summed E-state index contributed by atoms with van der Waals surface area (Å²) in [7, 11) is 3.45. The summed E-state index contributed by atoms with van der Waals surface area (Å²) in [5.41, 5.74) is 6.50. The minimum atomic E-state index is -0.401. The number of pyridine rings is 2. The number of hydrogen-bond donors (Lipinski definition) is 0. The number of piperidine rings is 6. The van der Waals surface area contributed by atoms with Crippen molar-refractivity contribution in [3.63, 3.8) is 0 Å². The second-order valence-electron chi connectivity index (χ2n) is 18.8. The molecule has 338 valence electrons. The van der Waals surface area contributed by atoms with Gasteiger partial charge in [0.25, 0.3) is 0 Å². The van der Waals surface area contributed by atoms with Gasteiger partial charge in [-0.2, -0.15) is 9.97 Å². The number of aromatic nitrogens is 4. The summed E-state index contributed by atoms with van der Waals surface area (Å²) in [6.07, 6.45) is 10.00. The van der Waals surface area contributed by atoms with E-state index in [-0.39, 0.29) is 12.1 Å². The number of nitrogens with zero attached hydrogens (tertiary/aromatic N) is 6. The van der Waals surface area contributed by atoms with E-state index >= 15 is 0 Å². The Hall–Kier alpha value is -6.10. The first-order chi connectivity index (χ1) is 32.5. The maximum absolute atomic E-state index is 7.84. The molecule has 4 bridgehead atoms. The maximum Gasteiger partial charge on any atom is 0.229 e. The van der Waals surface area contributed by atoms with Crippen molar-refractivity contribution >= 4 is 21.8 Å². The van der Waals surface area contributed by atoms with Gasteiger partial charge < -0.3 is 18.9 Å². The van der Waals surface area contributed by atoms with Gasteiger partial charge in [0, 0.05) is 39.9 Å². The molecule has 10 nitrogen and oxygen atoms in total. The smallest absolute Gasteiger partial charge is 0.229 e. The van der Waals surface area contributed by atoms with Crippen LogP contribution in [0.4, 0.5) is 0 Å². The molecule has 0 aliphatic carbocycles. The van der Waals surface area contributed by atoms with Crippen LogP contribution in [0, 0.1) is 23.7 Å². The van der Waals surface area contributed by atoms with E-state index in [0.717, 1.165) is 100 Å². The van der Waals surface area contributed by atoms with Gasteiger partial charge in [-0.3, -0.25) is 19.8 Å². The number of benzene rings is 4. The molecule has 3 aromatic heterocycles. The molecule has 0 N–H and O–H groups in total. The first-order valence-electron chi connectivity index (χ1n) is 24.2. The third-order valence-corrected chi connectivity index (χ3v) is 15.6. The van der Waals surface area contributed by atoms with Gasteiger partial charge in [-0.15, -0.1) is 0 Å². The second-order valence-corrected chi connectivity index (χ2v) is 18.8. The van der Waals surface area contributed by atoms with Crippen LogP contribution in [-0.2, 0) is 0 Å². The average Bonchev–Trinajstić information content (AvgIpc) is 3.39. The molecule has 0 amide bonds. The molecule has 13 rings (SSSR count). The SMILES string of the molecule is CC[C@@H]1C2CCN(CC2)[C@H]1[C@@H](Oc1nc(-c2ccccc2)nc(O[C@@H](c2ccnc3ccc(OC)cc23)[C@H]2[C@H](CC)C3CCN2CC3)c1-c1ccccc1)c1ccnc2ccc(OC)cc12. The van der Waals surface area contributed by atoms with Gasteiger partial charge in [-0.05, 0) is 130 Å². The van der Waals surface area contributed by atoms with Crippen molar-refractivity contribution < 1.29 is 18.9 Å². The molecule has 6 aliphatic heterocycles. The van der Waals surface area contributed by atoms with Crippen LogP contribution in [0.5, 0.6) is 23.3 Å². The van der Waals surface area contributed by atoms with Crippen molar-refractivity contribution in [2.75, 3.05) is 40.4 Å². The molecule has 4 aromatic carbocycles. The summed E-state index contributed by atoms with van der Waals surface area (Å²) < 4.78 is 27.4. The van der Waals surface area contributed by atoms with Gasteiger partial charge in [0.05, 0.1) is 37.3 Å². The zero-order chi connectivity index (χ0) is 44.7. The Morgan fingerprint density at radius 2 is 0.985 bits per heavy atom. The van der Waals surface area contributed by atoms with Crippen molar-refractivity contribution in [3.05, 3.63) is 133 Å². The van der Waals surface area contributed by atoms with Crippen LogP contribution < -0.4 is 18.9 Å². The Labute approximate surface area is 388 Å². The van der Waals surface area contributed by atoms with Crippen LogP contribution in [-0.4, -0.2) is 82.2 Å². The van der Waals surface area contributed by atoms with Gasteiger partial charge in [0.1, 0.15) is 29.3 Å². The average molecular weight is 881 g/mol. The maximum atomic E-state index is 7.84. The Morgan fingerprint density at radius 1 is 0.545 bits per heavy atom. The van der Waals surface area contributed by atoms with Crippen molar-refractivity contribution in [1.82, 2.24) is 29.7 Å². The van der Waals surface area contributed by atoms with Crippen LogP contribution in [0.3, 0.4) is 0 Å². The zero-order valence-corrected chi connectivity index (χ0v) is 38.6. The predicted octanol–water partition coefficient (Wildman–Crippen LogP) is 11.4. The first-order valence-corrected chi connectivity index (χ1v) is 24.2. The number of rotatable bonds is 14.